The number of nitrogens with one attached hydrogen (secondary N) is 1. The van der Waals surface area contributed by atoms with Crippen molar-refractivity contribution in [2.75, 3.05) is 40.3 Å². The van der Waals surface area contributed by atoms with Crippen molar-refractivity contribution in [1.82, 2.24) is 10.2 Å². The van der Waals surface area contributed by atoms with Gasteiger partial charge >= 0.3 is 0 Å². The molecule has 1 aliphatic heterocycles. The first kappa shape index (κ1) is 18.3. The van der Waals surface area contributed by atoms with E-state index in [9.17, 15) is 0 Å². The van der Waals surface area contributed by atoms with Crippen molar-refractivity contribution < 1.29 is 4.74 Å². The van der Waals surface area contributed by atoms with Gasteiger partial charge in [0.05, 0.1) is 7.11 Å². The number of halogens is 1. The first-order valence-electron chi connectivity index (χ1n) is 7.81. The second-order valence-electron chi connectivity index (χ2n) is 5.78. The number of hydrogen-bond acceptors (Lipinski definition) is 3. The minimum atomic E-state index is 0. The summed E-state index contributed by atoms with van der Waals surface area (Å²) in [7, 11) is 3.76. The molecule has 1 saturated heterocycles. The summed E-state index contributed by atoms with van der Waals surface area (Å²) in [6.07, 6.45) is 5.21. The zero-order valence-electron chi connectivity index (χ0n) is 13.3. The molecule has 3 nitrogen and oxygen atoms in total. The third-order valence-corrected chi connectivity index (χ3v) is 4.39. The van der Waals surface area contributed by atoms with E-state index in [0.29, 0.717) is 0 Å². The number of benzene rings is 1. The summed E-state index contributed by atoms with van der Waals surface area (Å²) in [6, 6.07) is 8.47. The predicted molar refractivity (Wildman–Crippen MR) is 91.7 cm³/mol. The van der Waals surface area contributed by atoms with E-state index in [1.807, 2.05) is 7.05 Å². The van der Waals surface area contributed by atoms with Crippen LogP contribution in [-0.2, 0) is 6.42 Å². The van der Waals surface area contributed by atoms with Gasteiger partial charge in [-0.2, -0.15) is 0 Å². The summed E-state index contributed by atoms with van der Waals surface area (Å²) < 4.78 is 5.19. The van der Waals surface area contributed by atoms with Crippen LogP contribution in [-0.4, -0.2) is 45.2 Å². The van der Waals surface area contributed by atoms with E-state index in [0.717, 1.165) is 24.6 Å². The Bertz CT molecular complexity index is 375. The smallest absolute Gasteiger partial charge is 0.118 e. The molecule has 1 N–H and O–H groups in total. The maximum absolute atomic E-state index is 5.19. The van der Waals surface area contributed by atoms with Crippen molar-refractivity contribution in [2.24, 2.45) is 5.92 Å². The molecule has 0 aromatic heterocycles. The highest BCUT2D eigenvalue weighted by atomic mass is 35.5. The normalized spacial score (nSPS) is 16.5. The lowest BCUT2D eigenvalue weighted by Gasteiger charge is -2.32. The Labute approximate surface area is 135 Å². The van der Waals surface area contributed by atoms with Gasteiger partial charge < -0.3 is 15.0 Å². The van der Waals surface area contributed by atoms with E-state index in [1.54, 1.807) is 7.11 Å². The predicted octanol–water partition coefficient (Wildman–Crippen LogP) is 2.98. The fourth-order valence-corrected chi connectivity index (χ4v) is 2.93. The molecule has 0 bridgehead atoms. The Balaban J connectivity index is 0.00000220. The van der Waals surface area contributed by atoms with Crippen LogP contribution >= 0.6 is 12.4 Å². The third kappa shape index (κ3) is 6.25. The molecule has 0 saturated carbocycles. The van der Waals surface area contributed by atoms with E-state index in [4.69, 9.17) is 4.74 Å². The number of likely N-dealkylation sites (tertiary alicyclic amines) is 1. The van der Waals surface area contributed by atoms with Crippen LogP contribution in [0.5, 0.6) is 5.75 Å². The molecule has 0 radical (unpaired) electrons. The first-order chi connectivity index (χ1) is 9.81. The van der Waals surface area contributed by atoms with Gasteiger partial charge in [-0.3, -0.25) is 0 Å². The van der Waals surface area contributed by atoms with Gasteiger partial charge in [0, 0.05) is 6.54 Å². The second kappa shape index (κ2) is 10.0. The van der Waals surface area contributed by atoms with E-state index in [2.05, 4.69) is 34.5 Å². The van der Waals surface area contributed by atoms with E-state index >= 15 is 0 Å². The number of rotatable bonds is 7. The lowest BCUT2D eigenvalue weighted by Crippen LogP contribution is -2.35. The summed E-state index contributed by atoms with van der Waals surface area (Å²) in [5, 5.41) is 3.26. The van der Waals surface area contributed by atoms with Crippen LogP contribution in [0.2, 0.25) is 0 Å². The standard InChI is InChI=1S/C17H28N2O.ClH/c1-18-11-7-16-9-13-19(14-10-16)12-8-15-3-5-17(20-2)6-4-15;/h3-6,16,18H,7-14H2,1-2H3;1H. The van der Waals surface area contributed by atoms with Crippen molar-refractivity contribution in [1.29, 1.82) is 0 Å². The van der Waals surface area contributed by atoms with Gasteiger partial charge in [0.2, 0.25) is 0 Å². The molecule has 0 aliphatic carbocycles. The molecule has 0 spiro atoms. The SMILES string of the molecule is CNCCC1CCN(CCc2ccc(OC)cc2)CC1.Cl. The lowest BCUT2D eigenvalue weighted by molar-refractivity contribution is 0.181. The number of piperidine rings is 1. The van der Waals surface area contributed by atoms with Crippen LogP contribution in [0.1, 0.15) is 24.8 Å². The van der Waals surface area contributed by atoms with Crippen molar-refractivity contribution in [2.45, 2.75) is 25.7 Å². The van der Waals surface area contributed by atoms with Crippen LogP contribution in [0.4, 0.5) is 0 Å². The molecule has 1 aliphatic rings. The van der Waals surface area contributed by atoms with Crippen molar-refractivity contribution >= 4 is 12.4 Å². The molecule has 0 atom stereocenters. The molecular weight excluding hydrogens is 284 g/mol. The monoisotopic (exact) mass is 312 g/mol. The molecule has 2 rings (SSSR count). The summed E-state index contributed by atoms with van der Waals surface area (Å²) in [5.41, 5.74) is 1.41. The van der Waals surface area contributed by atoms with E-state index in [1.165, 1.54) is 44.5 Å². The quantitative estimate of drug-likeness (QED) is 0.837. The highest BCUT2D eigenvalue weighted by Crippen LogP contribution is 2.20. The number of ether oxygens (including phenoxy) is 1. The largest absolute Gasteiger partial charge is 0.497 e. The molecule has 1 heterocycles. The Morgan fingerprint density at radius 3 is 2.43 bits per heavy atom. The van der Waals surface area contributed by atoms with Gasteiger partial charge in [-0.1, -0.05) is 12.1 Å². The van der Waals surface area contributed by atoms with Crippen LogP contribution in [0, 0.1) is 5.92 Å². The Hall–Kier alpha value is -0.770. The van der Waals surface area contributed by atoms with Crippen molar-refractivity contribution in [3.63, 3.8) is 0 Å². The molecule has 1 fully saturated rings. The second-order valence-corrected chi connectivity index (χ2v) is 5.78. The minimum Gasteiger partial charge on any atom is -0.497 e. The Kier molecular flexibility index (Phi) is 8.74. The molecule has 0 unspecified atom stereocenters. The van der Waals surface area contributed by atoms with Crippen LogP contribution in [0.15, 0.2) is 24.3 Å². The third-order valence-electron chi connectivity index (χ3n) is 4.39. The van der Waals surface area contributed by atoms with Crippen molar-refractivity contribution in [3.8, 4) is 5.75 Å². The lowest BCUT2D eigenvalue weighted by atomic mass is 9.93. The zero-order valence-corrected chi connectivity index (χ0v) is 14.1. The number of hydrogen-bond donors (Lipinski definition) is 1. The Morgan fingerprint density at radius 2 is 1.86 bits per heavy atom. The van der Waals surface area contributed by atoms with Gasteiger partial charge in [0.25, 0.3) is 0 Å². The highest BCUT2D eigenvalue weighted by molar-refractivity contribution is 5.85. The van der Waals surface area contributed by atoms with Gasteiger partial charge in [-0.05, 0) is 76.0 Å². The van der Waals surface area contributed by atoms with Gasteiger partial charge in [0.15, 0.2) is 0 Å². The fraction of sp³-hybridized carbons (Fsp3) is 0.647. The van der Waals surface area contributed by atoms with E-state index in [-0.39, 0.29) is 12.4 Å². The van der Waals surface area contributed by atoms with Crippen LogP contribution in [0.25, 0.3) is 0 Å². The summed E-state index contributed by atoms with van der Waals surface area (Å²) in [4.78, 5) is 2.61. The van der Waals surface area contributed by atoms with Gasteiger partial charge in [0.1, 0.15) is 5.75 Å². The maximum atomic E-state index is 5.19. The molecule has 4 heteroatoms. The molecule has 21 heavy (non-hydrogen) atoms. The van der Waals surface area contributed by atoms with Gasteiger partial charge in [-0.25, -0.2) is 0 Å². The topological polar surface area (TPSA) is 24.5 Å². The molecule has 1 aromatic rings. The first-order valence-corrected chi connectivity index (χ1v) is 7.81. The highest BCUT2D eigenvalue weighted by Gasteiger charge is 2.18. The molecule has 1 aromatic carbocycles. The van der Waals surface area contributed by atoms with E-state index < -0.39 is 0 Å². The summed E-state index contributed by atoms with van der Waals surface area (Å²) >= 11 is 0. The fourth-order valence-electron chi connectivity index (χ4n) is 2.93. The molecular formula is C17H29ClN2O. The summed E-state index contributed by atoms with van der Waals surface area (Å²) in [5.74, 6) is 1.87. The number of methoxy groups -OCH3 is 1. The zero-order chi connectivity index (χ0) is 14.2. The maximum Gasteiger partial charge on any atom is 0.118 e. The molecule has 120 valence electrons. The minimum absolute atomic E-state index is 0. The van der Waals surface area contributed by atoms with Crippen molar-refractivity contribution in [3.05, 3.63) is 29.8 Å². The Morgan fingerprint density at radius 1 is 1.19 bits per heavy atom. The average Bonchev–Trinajstić information content (AvgIpc) is 2.52. The average molecular weight is 313 g/mol. The van der Waals surface area contributed by atoms with Crippen LogP contribution < -0.4 is 10.1 Å². The van der Waals surface area contributed by atoms with Gasteiger partial charge in [-0.15, -0.1) is 12.4 Å². The summed E-state index contributed by atoms with van der Waals surface area (Å²) in [6.45, 7) is 4.89. The number of nitrogens with zero attached hydrogens (tertiary/aromatic N) is 1. The van der Waals surface area contributed by atoms with Crippen LogP contribution in [0.3, 0.4) is 0 Å². The molecule has 0 amide bonds.